The minimum absolute atomic E-state index is 0.401. The van der Waals surface area contributed by atoms with E-state index in [1.165, 1.54) is 6.21 Å². The minimum Gasteiger partial charge on any atom is -0.394 e. The van der Waals surface area contributed by atoms with Crippen LogP contribution in [0, 0.1) is 0 Å². The van der Waals surface area contributed by atoms with Crippen LogP contribution in [0.1, 0.15) is 5.56 Å². The highest BCUT2D eigenvalue weighted by molar-refractivity contribution is 5.79. The van der Waals surface area contributed by atoms with Gasteiger partial charge in [0.1, 0.15) is 5.54 Å². The second-order valence-corrected chi connectivity index (χ2v) is 3.24. The summed E-state index contributed by atoms with van der Waals surface area (Å²) in [6.07, 6.45) is 4.71. The molecule has 0 amide bonds. The average molecular weight is 210 g/mol. The van der Waals surface area contributed by atoms with Crippen LogP contribution in [-0.2, 0) is 0 Å². The van der Waals surface area contributed by atoms with E-state index in [1.54, 1.807) is 24.5 Å². The molecule has 82 valence electrons. The standard InChI is InChI=1S/C10H14N2O3/c13-6-10(7-14,8-15)12-5-9-1-3-11-4-2-9/h1-5,13-15H,6-8H2. The maximum atomic E-state index is 9.01. The molecule has 0 bridgehead atoms. The van der Waals surface area contributed by atoms with Gasteiger partial charge in [0.25, 0.3) is 0 Å². The van der Waals surface area contributed by atoms with Gasteiger partial charge in [0, 0.05) is 18.6 Å². The molecule has 0 saturated heterocycles. The average Bonchev–Trinajstić information content (AvgIpc) is 2.33. The van der Waals surface area contributed by atoms with Gasteiger partial charge in [-0.25, -0.2) is 0 Å². The van der Waals surface area contributed by atoms with Crippen molar-refractivity contribution in [2.24, 2.45) is 4.99 Å². The zero-order valence-electron chi connectivity index (χ0n) is 8.24. The van der Waals surface area contributed by atoms with E-state index in [1.807, 2.05) is 0 Å². The van der Waals surface area contributed by atoms with Gasteiger partial charge < -0.3 is 15.3 Å². The Morgan fingerprint density at radius 1 is 1.13 bits per heavy atom. The van der Waals surface area contributed by atoms with Crippen molar-refractivity contribution in [2.75, 3.05) is 19.8 Å². The number of aliphatic imine (C=N–C) groups is 1. The maximum absolute atomic E-state index is 9.01. The summed E-state index contributed by atoms with van der Waals surface area (Å²) in [7, 11) is 0. The van der Waals surface area contributed by atoms with E-state index >= 15 is 0 Å². The van der Waals surface area contributed by atoms with Gasteiger partial charge in [-0.1, -0.05) is 0 Å². The van der Waals surface area contributed by atoms with E-state index in [-0.39, 0.29) is 0 Å². The third-order valence-corrected chi connectivity index (χ3v) is 2.08. The Morgan fingerprint density at radius 3 is 2.13 bits per heavy atom. The minimum atomic E-state index is -1.21. The van der Waals surface area contributed by atoms with E-state index in [0.29, 0.717) is 0 Å². The zero-order chi connectivity index (χ0) is 11.1. The van der Waals surface area contributed by atoms with Crippen LogP contribution in [0.4, 0.5) is 0 Å². The first-order chi connectivity index (χ1) is 7.26. The largest absolute Gasteiger partial charge is 0.394 e. The van der Waals surface area contributed by atoms with Gasteiger partial charge in [0.2, 0.25) is 0 Å². The van der Waals surface area contributed by atoms with Gasteiger partial charge in [0.15, 0.2) is 0 Å². The molecule has 0 aliphatic heterocycles. The lowest BCUT2D eigenvalue weighted by molar-refractivity contribution is 0.0718. The highest BCUT2D eigenvalue weighted by Gasteiger charge is 2.25. The second-order valence-electron chi connectivity index (χ2n) is 3.24. The van der Waals surface area contributed by atoms with Crippen LogP contribution >= 0.6 is 0 Å². The fraction of sp³-hybridized carbons (Fsp3) is 0.400. The third-order valence-electron chi connectivity index (χ3n) is 2.08. The Morgan fingerprint density at radius 2 is 1.67 bits per heavy atom. The summed E-state index contributed by atoms with van der Waals surface area (Å²) in [6, 6.07) is 3.47. The molecular weight excluding hydrogens is 196 g/mol. The van der Waals surface area contributed by atoms with E-state index in [9.17, 15) is 0 Å². The molecule has 5 nitrogen and oxygen atoms in total. The predicted molar refractivity (Wildman–Crippen MR) is 55.8 cm³/mol. The molecule has 0 atom stereocenters. The molecule has 3 N–H and O–H groups in total. The molecule has 1 aromatic rings. The first-order valence-corrected chi connectivity index (χ1v) is 4.54. The summed E-state index contributed by atoms with van der Waals surface area (Å²) in [4.78, 5) is 7.82. The molecule has 15 heavy (non-hydrogen) atoms. The summed E-state index contributed by atoms with van der Waals surface area (Å²) in [6.45, 7) is -1.20. The van der Waals surface area contributed by atoms with Crippen molar-refractivity contribution in [2.45, 2.75) is 5.54 Å². The molecular formula is C10H14N2O3. The van der Waals surface area contributed by atoms with Crippen LogP contribution < -0.4 is 0 Å². The van der Waals surface area contributed by atoms with E-state index in [0.717, 1.165) is 5.56 Å². The van der Waals surface area contributed by atoms with Crippen molar-refractivity contribution in [3.63, 3.8) is 0 Å². The SMILES string of the molecule is OCC(CO)(CO)N=Cc1ccncc1. The van der Waals surface area contributed by atoms with Crippen molar-refractivity contribution < 1.29 is 15.3 Å². The Balaban J connectivity index is 2.79. The lowest BCUT2D eigenvalue weighted by Crippen LogP contribution is -2.39. The Bertz CT molecular complexity index is 301. The normalized spacial score (nSPS) is 12.2. The number of aliphatic hydroxyl groups is 3. The highest BCUT2D eigenvalue weighted by Crippen LogP contribution is 2.08. The summed E-state index contributed by atoms with van der Waals surface area (Å²) in [5, 5.41) is 27.0. The van der Waals surface area contributed by atoms with E-state index in [4.69, 9.17) is 15.3 Å². The summed E-state index contributed by atoms with van der Waals surface area (Å²) in [5.74, 6) is 0. The lowest BCUT2D eigenvalue weighted by Gasteiger charge is -2.21. The van der Waals surface area contributed by atoms with Crippen molar-refractivity contribution in [1.82, 2.24) is 4.98 Å². The van der Waals surface area contributed by atoms with Gasteiger partial charge in [-0.05, 0) is 17.7 Å². The van der Waals surface area contributed by atoms with Crippen LogP contribution in [0.25, 0.3) is 0 Å². The zero-order valence-corrected chi connectivity index (χ0v) is 8.24. The number of aromatic nitrogens is 1. The number of pyridine rings is 1. The molecule has 5 heteroatoms. The fourth-order valence-corrected chi connectivity index (χ4v) is 0.933. The molecule has 0 unspecified atom stereocenters. The van der Waals surface area contributed by atoms with Crippen LogP contribution in [0.2, 0.25) is 0 Å². The molecule has 1 aromatic heterocycles. The molecule has 0 fully saturated rings. The molecule has 0 saturated carbocycles. The Labute approximate surface area is 87.8 Å². The number of aliphatic hydroxyl groups excluding tert-OH is 3. The molecule has 0 spiro atoms. The fourth-order valence-electron chi connectivity index (χ4n) is 0.933. The number of hydrogen-bond acceptors (Lipinski definition) is 5. The Hall–Kier alpha value is -1.30. The smallest absolute Gasteiger partial charge is 0.129 e. The molecule has 0 aliphatic carbocycles. The highest BCUT2D eigenvalue weighted by atomic mass is 16.3. The Kier molecular flexibility index (Phi) is 4.36. The first kappa shape index (κ1) is 11.8. The van der Waals surface area contributed by atoms with Crippen LogP contribution in [0.5, 0.6) is 0 Å². The second kappa shape index (κ2) is 5.55. The van der Waals surface area contributed by atoms with E-state index in [2.05, 4.69) is 9.98 Å². The van der Waals surface area contributed by atoms with Gasteiger partial charge >= 0.3 is 0 Å². The monoisotopic (exact) mass is 210 g/mol. The van der Waals surface area contributed by atoms with Crippen LogP contribution in [0.3, 0.4) is 0 Å². The quantitative estimate of drug-likeness (QED) is 0.556. The number of rotatable bonds is 5. The molecule has 1 rings (SSSR count). The van der Waals surface area contributed by atoms with Gasteiger partial charge in [-0.2, -0.15) is 0 Å². The van der Waals surface area contributed by atoms with Gasteiger partial charge in [0.05, 0.1) is 19.8 Å². The summed E-state index contributed by atoms with van der Waals surface area (Å²) >= 11 is 0. The summed E-state index contributed by atoms with van der Waals surface area (Å²) < 4.78 is 0. The van der Waals surface area contributed by atoms with Crippen LogP contribution in [0.15, 0.2) is 29.5 Å². The maximum Gasteiger partial charge on any atom is 0.129 e. The summed E-state index contributed by atoms with van der Waals surface area (Å²) in [5.41, 5.74) is -0.409. The topological polar surface area (TPSA) is 85.9 Å². The van der Waals surface area contributed by atoms with Gasteiger partial charge in [-0.3, -0.25) is 9.98 Å². The van der Waals surface area contributed by atoms with Crippen molar-refractivity contribution in [3.8, 4) is 0 Å². The van der Waals surface area contributed by atoms with E-state index < -0.39 is 25.4 Å². The first-order valence-electron chi connectivity index (χ1n) is 4.54. The third kappa shape index (κ3) is 3.09. The molecule has 0 aromatic carbocycles. The van der Waals surface area contributed by atoms with Crippen LogP contribution in [-0.4, -0.2) is 51.9 Å². The lowest BCUT2D eigenvalue weighted by atomic mass is 10.1. The molecule has 0 aliphatic rings. The number of nitrogens with zero attached hydrogens (tertiary/aromatic N) is 2. The van der Waals surface area contributed by atoms with Crippen molar-refractivity contribution in [1.29, 1.82) is 0 Å². The van der Waals surface area contributed by atoms with Crippen molar-refractivity contribution in [3.05, 3.63) is 30.1 Å². The van der Waals surface area contributed by atoms with Crippen molar-refractivity contribution >= 4 is 6.21 Å². The predicted octanol–water partition coefficient (Wildman–Crippen LogP) is -0.784. The molecule has 0 radical (unpaired) electrons. The van der Waals surface area contributed by atoms with Gasteiger partial charge in [-0.15, -0.1) is 0 Å². The molecule has 1 heterocycles. The number of hydrogen-bond donors (Lipinski definition) is 3.